The van der Waals surface area contributed by atoms with E-state index in [1.807, 2.05) is 0 Å². The molecule has 82 valence electrons. The van der Waals surface area contributed by atoms with Crippen LogP contribution in [-0.2, 0) is 7.05 Å². The molecule has 0 aliphatic carbocycles. The number of nitrogens with zero attached hydrogens (tertiary/aromatic N) is 2. The molecule has 1 heterocycles. The first-order chi connectivity index (χ1) is 7.50. The lowest BCUT2D eigenvalue weighted by atomic mass is 10.2. The van der Waals surface area contributed by atoms with Crippen molar-refractivity contribution in [2.45, 2.75) is 0 Å². The highest BCUT2D eigenvalue weighted by atomic mass is 79.9. The van der Waals surface area contributed by atoms with Crippen LogP contribution in [0.4, 0.5) is 5.69 Å². The molecule has 2 aromatic rings. The summed E-state index contributed by atoms with van der Waals surface area (Å²) in [5.41, 5.74) is 0.504. The van der Waals surface area contributed by atoms with E-state index in [9.17, 15) is 14.9 Å². The number of hydrogen-bond donors (Lipinski definition) is 0. The first-order valence-electron chi connectivity index (χ1n) is 4.44. The number of nitro groups is 1. The lowest BCUT2D eigenvalue weighted by Crippen LogP contribution is -2.15. The minimum Gasteiger partial charge on any atom is -0.311 e. The fraction of sp³-hybridized carbons (Fsp3) is 0.100. The van der Waals surface area contributed by atoms with E-state index >= 15 is 0 Å². The highest BCUT2D eigenvalue weighted by molar-refractivity contribution is 9.10. The van der Waals surface area contributed by atoms with Crippen LogP contribution in [0, 0.1) is 10.1 Å². The summed E-state index contributed by atoms with van der Waals surface area (Å²) in [6.07, 6.45) is 0. The normalized spacial score (nSPS) is 10.6. The first kappa shape index (κ1) is 10.8. The third-order valence-corrected chi connectivity index (χ3v) is 3.03. The summed E-state index contributed by atoms with van der Waals surface area (Å²) in [5, 5.41) is 11.4. The number of fused-ring (bicyclic) bond motifs is 1. The summed E-state index contributed by atoms with van der Waals surface area (Å²) in [7, 11) is 1.63. The molecule has 2 rings (SSSR count). The molecule has 16 heavy (non-hydrogen) atoms. The minimum absolute atomic E-state index is 0.00820. The topological polar surface area (TPSA) is 65.1 Å². The lowest BCUT2D eigenvalue weighted by molar-refractivity contribution is -0.385. The molecule has 0 bridgehead atoms. The van der Waals surface area contributed by atoms with Crippen molar-refractivity contribution in [3.8, 4) is 0 Å². The van der Waals surface area contributed by atoms with Gasteiger partial charge in [0.1, 0.15) is 0 Å². The minimum atomic E-state index is -0.464. The van der Waals surface area contributed by atoms with Crippen molar-refractivity contribution in [1.29, 1.82) is 0 Å². The fourth-order valence-electron chi connectivity index (χ4n) is 1.52. The molecular formula is C10H7BrN2O3. The zero-order valence-corrected chi connectivity index (χ0v) is 9.89. The van der Waals surface area contributed by atoms with Gasteiger partial charge in [-0.3, -0.25) is 14.9 Å². The molecule has 0 aliphatic heterocycles. The molecule has 0 saturated heterocycles. The highest BCUT2D eigenvalue weighted by Crippen LogP contribution is 2.29. The summed E-state index contributed by atoms with van der Waals surface area (Å²) in [6.45, 7) is 0. The van der Waals surface area contributed by atoms with Crippen LogP contribution in [0.15, 0.2) is 33.5 Å². The van der Waals surface area contributed by atoms with E-state index in [1.165, 1.54) is 16.7 Å². The number of benzene rings is 1. The van der Waals surface area contributed by atoms with E-state index in [-0.39, 0.29) is 11.2 Å². The van der Waals surface area contributed by atoms with Gasteiger partial charge in [-0.25, -0.2) is 0 Å². The second kappa shape index (κ2) is 3.71. The zero-order valence-electron chi connectivity index (χ0n) is 8.31. The quantitative estimate of drug-likeness (QED) is 0.595. The third-order valence-electron chi connectivity index (χ3n) is 2.39. The Morgan fingerprint density at radius 1 is 1.38 bits per heavy atom. The SMILES string of the molecule is Cn1c(=O)ccc2cc([N+](=O)[O-])c(Br)cc21. The number of nitro benzene ring substituents is 1. The fourth-order valence-corrected chi connectivity index (χ4v) is 2.00. The Balaban J connectivity index is 2.89. The Labute approximate surface area is 98.6 Å². The second-order valence-electron chi connectivity index (χ2n) is 3.35. The molecule has 5 nitrogen and oxygen atoms in total. The molecule has 0 N–H and O–H groups in total. The van der Waals surface area contributed by atoms with Crippen LogP contribution in [0.5, 0.6) is 0 Å². The summed E-state index contributed by atoms with van der Waals surface area (Å²) in [5.74, 6) is 0. The van der Waals surface area contributed by atoms with Crippen molar-refractivity contribution in [2.75, 3.05) is 0 Å². The van der Waals surface area contributed by atoms with E-state index in [2.05, 4.69) is 15.9 Å². The van der Waals surface area contributed by atoms with Gasteiger partial charge in [0.05, 0.1) is 14.9 Å². The van der Waals surface area contributed by atoms with Crippen LogP contribution in [0.2, 0.25) is 0 Å². The van der Waals surface area contributed by atoms with E-state index in [0.717, 1.165) is 0 Å². The smallest absolute Gasteiger partial charge is 0.284 e. The van der Waals surface area contributed by atoms with E-state index in [4.69, 9.17) is 0 Å². The van der Waals surface area contributed by atoms with Gasteiger partial charge in [-0.05, 0) is 28.1 Å². The van der Waals surface area contributed by atoms with Gasteiger partial charge in [-0.2, -0.15) is 0 Å². The number of hydrogen-bond acceptors (Lipinski definition) is 3. The van der Waals surface area contributed by atoms with Crippen LogP contribution in [-0.4, -0.2) is 9.49 Å². The number of aryl methyl sites for hydroxylation is 1. The van der Waals surface area contributed by atoms with Crippen molar-refractivity contribution >= 4 is 32.5 Å². The summed E-state index contributed by atoms with van der Waals surface area (Å²) < 4.78 is 1.82. The molecule has 0 aliphatic rings. The zero-order chi connectivity index (χ0) is 11.9. The Morgan fingerprint density at radius 3 is 2.69 bits per heavy atom. The van der Waals surface area contributed by atoms with Crippen molar-refractivity contribution in [3.05, 3.63) is 49.2 Å². The van der Waals surface area contributed by atoms with Crippen LogP contribution in [0.3, 0.4) is 0 Å². The Kier molecular flexibility index (Phi) is 2.51. The number of aromatic nitrogens is 1. The molecule has 0 amide bonds. The predicted molar refractivity (Wildman–Crippen MR) is 63.5 cm³/mol. The Morgan fingerprint density at radius 2 is 2.06 bits per heavy atom. The number of rotatable bonds is 1. The largest absolute Gasteiger partial charge is 0.311 e. The summed E-state index contributed by atoms with van der Waals surface area (Å²) in [4.78, 5) is 21.6. The highest BCUT2D eigenvalue weighted by Gasteiger charge is 2.13. The molecule has 0 fully saturated rings. The molecule has 0 radical (unpaired) electrons. The molecule has 0 atom stereocenters. The molecule has 0 spiro atoms. The maximum Gasteiger partial charge on any atom is 0.284 e. The van der Waals surface area contributed by atoms with Crippen LogP contribution < -0.4 is 5.56 Å². The average molecular weight is 283 g/mol. The molecule has 1 aromatic carbocycles. The lowest BCUT2D eigenvalue weighted by Gasteiger charge is -2.04. The Hall–Kier alpha value is -1.69. The van der Waals surface area contributed by atoms with Gasteiger partial charge < -0.3 is 4.57 Å². The van der Waals surface area contributed by atoms with Gasteiger partial charge in [0.2, 0.25) is 0 Å². The summed E-state index contributed by atoms with van der Waals surface area (Å²) in [6, 6.07) is 5.99. The van der Waals surface area contributed by atoms with Crippen molar-refractivity contribution in [2.24, 2.45) is 7.05 Å². The van der Waals surface area contributed by atoms with Gasteiger partial charge in [-0.1, -0.05) is 0 Å². The van der Waals surface area contributed by atoms with Crippen molar-refractivity contribution < 1.29 is 4.92 Å². The van der Waals surface area contributed by atoms with Crippen LogP contribution in [0.25, 0.3) is 10.9 Å². The molecular weight excluding hydrogens is 276 g/mol. The van der Waals surface area contributed by atoms with E-state index in [1.54, 1.807) is 19.2 Å². The molecule has 6 heteroatoms. The van der Waals surface area contributed by atoms with Gasteiger partial charge in [0.25, 0.3) is 11.2 Å². The average Bonchev–Trinajstić information content (AvgIpc) is 2.23. The van der Waals surface area contributed by atoms with Gasteiger partial charge in [0.15, 0.2) is 0 Å². The van der Waals surface area contributed by atoms with Crippen molar-refractivity contribution in [3.63, 3.8) is 0 Å². The summed E-state index contributed by atoms with van der Waals surface area (Å²) >= 11 is 3.12. The maximum absolute atomic E-state index is 11.4. The van der Waals surface area contributed by atoms with E-state index < -0.39 is 4.92 Å². The third kappa shape index (κ3) is 1.61. The monoisotopic (exact) mass is 282 g/mol. The van der Waals surface area contributed by atoms with E-state index in [0.29, 0.717) is 15.4 Å². The number of halogens is 1. The first-order valence-corrected chi connectivity index (χ1v) is 5.23. The van der Waals surface area contributed by atoms with Crippen LogP contribution in [0.1, 0.15) is 0 Å². The van der Waals surface area contributed by atoms with Gasteiger partial charge in [-0.15, -0.1) is 0 Å². The van der Waals surface area contributed by atoms with Crippen LogP contribution >= 0.6 is 15.9 Å². The molecule has 1 aromatic heterocycles. The van der Waals surface area contributed by atoms with Gasteiger partial charge >= 0.3 is 0 Å². The maximum atomic E-state index is 11.4. The van der Waals surface area contributed by atoms with Gasteiger partial charge in [0, 0.05) is 24.6 Å². The number of pyridine rings is 1. The predicted octanol–water partition coefficient (Wildman–Crippen LogP) is 2.21. The Bertz CT molecular complexity index is 648. The molecule has 0 saturated carbocycles. The van der Waals surface area contributed by atoms with Crippen molar-refractivity contribution in [1.82, 2.24) is 4.57 Å². The second-order valence-corrected chi connectivity index (χ2v) is 4.20. The standard InChI is InChI=1S/C10H7BrN2O3/c1-12-8-5-7(11)9(13(15)16)4-6(8)2-3-10(12)14/h2-5H,1H3. The molecule has 0 unspecified atom stereocenters.